The van der Waals surface area contributed by atoms with E-state index in [0.717, 1.165) is 5.56 Å². The molecule has 2 unspecified atom stereocenters. The molecule has 2 N–H and O–H groups in total. The molecule has 0 bridgehead atoms. The van der Waals surface area contributed by atoms with Crippen LogP contribution in [-0.4, -0.2) is 38.1 Å². The topological polar surface area (TPSA) is 67.4 Å². The molecule has 0 saturated carbocycles. The number of nitrogens with one attached hydrogen (secondary N) is 2. The number of esters is 1. The van der Waals surface area contributed by atoms with Crippen molar-refractivity contribution in [3.63, 3.8) is 0 Å². The van der Waals surface area contributed by atoms with Crippen LogP contribution in [0.5, 0.6) is 0 Å². The van der Waals surface area contributed by atoms with Crippen LogP contribution in [0.1, 0.15) is 25.8 Å². The van der Waals surface area contributed by atoms with Gasteiger partial charge < -0.3 is 15.4 Å². The standard InChI is InChI=1S/C17H26N2O3/c1-12(2)10-14(18-3)16(20)19-15(17(21)22-4)11-13-8-6-5-7-9-13/h5-9,12,14-15,18H,10-11H2,1-4H3,(H,19,20). The van der Waals surface area contributed by atoms with Gasteiger partial charge in [-0.05, 0) is 24.9 Å². The minimum absolute atomic E-state index is 0.178. The Morgan fingerprint density at radius 2 is 1.77 bits per heavy atom. The van der Waals surface area contributed by atoms with Gasteiger partial charge in [-0.1, -0.05) is 44.2 Å². The highest BCUT2D eigenvalue weighted by molar-refractivity contribution is 5.87. The number of hydrogen-bond acceptors (Lipinski definition) is 4. The first kappa shape index (κ1) is 18.2. The van der Waals surface area contributed by atoms with Crippen molar-refractivity contribution in [3.05, 3.63) is 35.9 Å². The van der Waals surface area contributed by atoms with Gasteiger partial charge in [0.15, 0.2) is 0 Å². The Bertz CT molecular complexity index is 474. The number of amides is 1. The molecule has 0 aliphatic rings. The molecule has 5 nitrogen and oxygen atoms in total. The summed E-state index contributed by atoms with van der Waals surface area (Å²) in [6.45, 7) is 4.11. The molecule has 122 valence electrons. The molecule has 0 aliphatic heterocycles. The van der Waals surface area contributed by atoms with Crippen LogP contribution in [0, 0.1) is 5.92 Å². The van der Waals surface area contributed by atoms with Crippen LogP contribution in [0.2, 0.25) is 0 Å². The highest BCUT2D eigenvalue weighted by atomic mass is 16.5. The number of carbonyl (C=O) groups excluding carboxylic acids is 2. The van der Waals surface area contributed by atoms with E-state index in [1.165, 1.54) is 7.11 Å². The van der Waals surface area contributed by atoms with Gasteiger partial charge >= 0.3 is 5.97 Å². The minimum atomic E-state index is -0.678. The summed E-state index contributed by atoms with van der Waals surface area (Å²) in [6.07, 6.45) is 1.12. The van der Waals surface area contributed by atoms with Gasteiger partial charge in [0, 0.05) is 6.42 Å². The lowest BCUT2D eigenvalue weighted by Gasteiger charge is -2.22. The van der Waals surface area contributed by atoms with Crippen molar-refractivity contribution >= 4 is 11.9 Å². The maximum absolute atomic E-state index is 12.3. The fourth-order valence-corrected chi connectivity index (χ4v) is 2.29. The van der Waals surface area contributed by atoms with Crippen molar-refractivity contribution in [1.29, 1.82) is 0 Å². The lowest BCUT2D eigenvalue weighted by molar-refractivity contribution is -0.145. The Hall–Kier alpha value is -1.88. The van der Waals surface area contributed by atoms with E-state index in [-0.39, 0.29) is 11.9 Å². The second kappa shape index (κ2) is 9.20. The van der Waals surface area contributed by atoms with E-state index in [4.69, 9.17) is 4.74 Å². The molecule has 0 spiro atoms. The molecule has 5 heteroatoms. The molecule has 0 fully saturated rings. The maximum atomic E-state index is 12.3. The van der Waals surface area contributed by atoms with Crippen LogP contribution in [0.15, 0.2) is 30.3 Å². The van der Waals surface area contributed by atoms with Gasteiger partial charge in [-0.25, -0.2) is 4.79 Å². The van der Waals surface area contributed by atoms with Crippen LogP contribution in [0.3, 0.4) is 0 Å². The van der Waals surface area contributed by atoms with Gasteiger partial charge in [0.2, 0.25) is 5.91 Å². The van der Waals surface area contributed by atoms with Crippen LogP contribution < -0.4 is 10.6 Å². The zero-order valence-electron chi connectivity index (χ0n) is 13.8. The molecular formula is C17H26N2O3. The van der Waals surface area contributed by atoms with Gasteiger partial charge in [0.25, 0.3) is 0 Å². The molecule has 1 rings (SSSR count). The summed E-state index contributed by atoms with van der Waals surface area (Å²) in [4.78, 5) is 24.3. The van der Waals surface area contributed by atoms with Crippen molar-refractivity contribution in [3.8, 4) is 0 Å². The summed E-state index contributed by atoms with van der Waals surface area (Å²) >= 11 is 0. The second-order valence-electron chi connectivity index (χ2n) is 5.74. The molecule has 1 amide bonds. The second-order valence-corrected chi connectivity index (χ2v) is 5.74. The fraction of sp³-hybridized carbons (Fsp3) is 0.529. The Kier molecular flexibility index (Phi) is 7.60. The van der Waals surface area contributed by atoms with Crippen LogP contribution in [-0.2, 0) is 20.7 Å². The number of hydrogen-bond donors (Lipinski definition) is 2. The monoisotopic (exact) mass is 306 g/mol. The van der Waals surface area contributed by atoms with E-state index in [1.54, 1.807) is 7.05 Å². The number of likely N-dealkylation sites (N-methyl/N-ethyl adjacent to an activating group) is 1. The first-order valence-electron chi connectivity index (χ1n) is 7.57. The Morgan fingerprint density at radius 3 is 2.27 bits per heavy atom. The number of benzene rings is 1. The highest BCUT2D eigenvalue weighted by Gasteiger charge is 2.26. The SMILES string of the molecule is CNC(CC(C)C)C(=O)NC(Cc1ccccc1)C(=O)OC. The first-order chi connectivity index (χ1) is 10.5. The minimum Gasteiger partial charge on any atom is -0.467 e. The number of methoxy groups -OCH3 is 1. The highest BCUT2D eigenvalue weighted by Crippen LogP contribution is 2.08. The van der Waals surface area contributed by atoms with Crippen molar-refractivity contribution in [2.75, 3.05) is 14.2 Å². The molecule has 0 radical (unpaired) electrons. The number of rotatable bonds is 8. The lowest BCUT2D eigenvalue weighted by atomic mass is 10.0. The third-order valence-corrected chi connectivity index (χ3v) is 3.46. The lowest BCUT2D eigenvalue weighted by Crippen LogP contribution is -2.50. The average Bonchev–Trinajstić information content (AvgIpc) is 2.51. The molecule has 1 aromatic rings. The van der Waals surface area contributed by atoms with Crippen LogP contribution in [0.25, 0.3) is 0 Å². The van der Waals surface area contributed by atoms with Crippen molar-refractivity contribution in [2.45, 2.75) is 38.8 Å². The van der Waals surface area contributed by atoms with E-state index < -0.39 is 12.0 Å². The van der Waals surface area contributed by atoms with E-state index in [0.29, 0.717) is 18.8 Å². The van der Waals surface area contributed by atoms with Gasteiger partial charge in [0.05, 0.1) is 13.2 Å². The summed E-state index contributed by atoms with van der Waals surface area (Å²) in [5.41, 5.74) is 0.975. The molecule has 0 saturated heterocycles. The van der Waals surface area contributed by atoms with Crippen molar-refractivity contribution in [1.82, 2.24) is 10.6 Å². The molecule has 0 aromatic heterocycles. The van der Waals surface area contributed by atoms with Gasteiger partial charge in [-0.3, -0.25) is 4.79 Å². The van der Waals surface area contributed by atoms with Crippen molar-refractivity contribution < 1.29 is 14.3 Å². The predicted octanol–water partition coefficient (Wildman–Crippen LogP) is 1.52. The summed E-state index contributed by atoms with van der Waals surface area (Å²) in [7, 11) is 3.08. The molecule has 0 aliphatic carbocycles. The van der Waals surface area contributed by atoms with Gasteiger partial charge in [-0.2, -0.15) is 0 Å². The zero-order valence-corrected chi connectivity index (χ0v) is 13.8. The van der Waals surface area contributed by atoms with Crippen molar-refractivity contribution in [2.24, 2.45) is 5.92 Å². The molecular weight excluding hydrogens is 280 g/mol. The van der Waals surface area contributed by atoms with Crippen LogP contribution in [0.4, 0.5) is 0 Å². The van der Waals surface area contributed by atoms with Crippen LogP contribution >= 0.6 is 0 Å². The average molecular weight is 306 g/mol. The summed E-state index contributed by atoms with van der Waals surface area (Å²) in [6, 6.07) is 8.57. The van der Waals surface area contributed by atoms with Gasteiger partial charge in [-0.15, -0.1) is 0 Å². The molecule has 0 heterocycles. The first-order valence-corrected chi connectivity index (χ1v) is 7.57. The molecule has 2 atom stereocenters. The Balaban J connectivity index is 2.76. The summed E-state index contributed by atoms with van der Waals surface area (Å²) in [5.74, 6) is -0.229. The van der Waals surface area contributed by atoms with E-state index in [2.05, 4.69) is 24.5 Å². The Labute approximate surface area is 132 Å². The molecule has 22 heavy (non-hydrogen) atoms. The zero-order chi connectivity index (χ0) is 16.5. The smallest absolute Gasteiger partial charge is 0.328 e. The Morgan fingerprint density at radius 1 is 1.14 bits per heavy atom. The normalized spacial score (nSPS) is 13.5. The maximum Gasteiger partial charge on any atom is 0.328 e. The quantitative estimate of drug-likeness (QED) is 0.715. The third kappa shape index (κ3) is 5.85. The summed E-state index contributed by atoms with van der Waals surface area (Å²) in [5, 5.41) is 5.79. The predicted molar refractivity (Wildman–Crippen MR) is 86.4 cm³/mol. The third-order valence-electron chi connectivity index (χ3n) is 3.46. The number of carbonyl (C=O) groups is 2. The fourth-order valence-electron chi connectivity index (χ4n) is 2.29. The van der Waals surface area contributed by atoms with E-state index in [1.807, 2.05) is 30.3 Å². The molecule has 1 aromatic carbocycles. The van der Waals surface area contributed by atoms with E-state index in [9.17, 15) is 9.59 Å². The summed E-state index contributed by atoms with van der Waals surface area (Å²) < 4.78 is 4.81. The number of ether oxygens (including phenoxy) is 1. The van der Waals surface area contributed by atoms with E-state index >= 15 is 0 Å². The van der Waals surface area contributed by atoms with Gasteiger partial charge in [0.1, 0.15) is 6.04 Å². The largest absolute Gasteiger partial charge is 0.467 e.